The van der Waals surface area contributed by atoms with Crippen LogP contribution < -0.4 is 0 Å². The normalized spacial score (nSPS) is 16.7. The molecule has 6 heteroatoms. The third kappa shape index (κ3) is 3.24. The molecule has 98 valence electrons. The van der Waals surface area contributed by atoms with Gasteiger partial charge in [0.1, 0.15) is 0 Å². The SMILES string of the molecule is O=[N+]([O-])c1ccc(CCN2CCOCC2)cc1F. The third-order valence-corrected chi connectivity index (χ3v) is 3.03. The van der Waals surface area contributed by atoms with Gasteiger partial charge in [0.2, 0.25) is 5.82 Å². The number of hydrogen-bond donors (Lipinski definition) is 0. The minimum atomic E-state index is -0.764. The Balaban J connectivity index is 1.93. The molecule has 1 aliphatic rings. The Labute approximate surface area is 104 Å². The van der Waals surface area contributed by atoms with Crippen molar-refractivity contribution in [3.63, 3.8) is 0 Å². The van der Waals surface area contributed by atoms with Crippen molar-refractivity contribution in [3.8, 4) is 0 Å². The van der Waals surface area contributed by atoms with Crippen molar-refractivity contribution >= 4 is 5.69 Å². The van der Waals surface area contributed by atoms with Gasteiger partial charge in [-0.2, -0.15) is 4.39 Å². The summed E-state index contributed by atoms with van der Waals surface area (Å²) in [5.41, 5.74) is 0.315. The molecule has 0 unspecified atom stereocenters. The highest BCUT2D eigenvalue weighted by molar-refractivity contribution is 5.35. The van der Waals surface area contributed by atoms with Crippen LogP contribution in [0.3, 0.4) is 0 Å². The average Bonchev–Trinajstić information content (AvgIpc) is 2.37. The molecule has 1 aromatic carbocycles. The Morgan fingerprint density at radius 2 is 2.11 bits per heavy atom. The molecular weight excluding hydrogens is 239 g/mol. The summed E-state index contributed by atoms with van der Waals surface area (Å²) in [5, 5.41) is 10.5. The van der Waals surface area contributed by atoms with E-state index in [1.807, 2.05) is 0 Å². The molecule has 1 aromatic rings. The minimum Gasteiger partial charge on any atom is -0.379 e. The lowest BCUT2D eigenvalue weighted by Gasteiger charge is -2.26. The van der Waals surface area contributed by atoms with E-state index in [1.54, 1.807) is 6.07 Å². The summed E-state index contributed by atoms with van der Waals surface area (Å²) in [6.07, 6.45) is 0.689. The van der Waals surface area contributed by atoms with Gasteiger partial charge in [0, 0.05) is 25.7 Å². The van der Waals surface area contributed by atoms with Gasteiger partial charge in [-0.15, -0.1) is 0 Å². The molecule has 0 radical (unpaired) electrons. The molecule has 5 nitrogen and oxygen atoms in total. The number of nitro benzene ring substituents is 1. The van der Waals surface area contributed by atoms with Gasteiger partial charge in [0.25, 0.3) is 0 Å². The van der Waals surface area contributed by atoms with Crippen molar-refractivity contribution in [2.24, 2.45) is 0 Å². The lowest BCUT2D eigenvalue weighted by atomic mass is 10.1. The second kappa shape index (κ2) is 5.88. The Kier molecular flexibility index (Phi) is 4.22. The van der Waals surface area contributed by atoms with Gasteiger partial charge in [0.15, 0.2) is 0 Å². The zero-order chi connectivity index (χ0) is 13.0. The summed E-state index contributed by atoms with van der Waals surface area (Å²) in [6, 6.07) is 4.09. The number of ether oxygens (including phenoxy) is 1. The molecular formula is C12H15FN2O3. The molecule has 18 heavy (non-hydrogen) atoms. The first-order chi connectivity index (χ1) is 8.66. The predicted octanol–water partition coefficient (Wildman–Crippen LogP) is 1.61. The second-order valence-corrected chi connectivity index (χ2v) is 4.25. The summed E-state index contributed by atoms with van der Waals surface area (Å²) in [7, 11) is 0. The van der Waals surface area contributed by atoms with Crippen molar-refractivity contribution in [2.75, 3.05) is 32.8 Å². The fourth-order valence-corrected chi connectivity index (χ4v) is 1.97. The van der Waals surface area contributed by atoms with Gasteiger partial charge >= 0.3 is 5.69 Å². The molecule has 0 spiro atoms. The van der Waals surface area contributed by atoms with Crippen LogP contribution in [0.15, 0.2) is 18.2 Å². The first-order valence-corrected chi connectivity index (χ1v) is 5.90. The van der Waals surface area contributed by atoms with E-state index < -0.39 is 16.4 Å². The van der Waals surface area contributed by atoms with E-state index >= 15 is 0 Å². The van der Waals surface area contributed by atoms with Gasteiger partial charge in [-0.05, 0) is 18.1 Å². The van der Waals surface area contributed by atoms with Crippen LogP contribution in [0.2, 0.25) is 0 Å². The number of rotatable bonds is 4. The van der Waals surface area contributed by atoms with Crippen LogP contribution >= 0.6 is 0 Å². The number of benzene rings is 1. The maximum atomic E-state index is 13.4. The fourth-order valence-electron chi connectivity index (χ4n) is 1.97. The summed E-state index contributed by atoms with van der Waals surface area (Å²) in [6.45, 7) is 4.05. The van der Waals surface area contributed by atoms with Crippen molar-refractivity contribution in [2.45, 2.75) is 6.42 Å². The third-order valence-electron chi connectivity index (χ3n) is 3.03. The molecule has 1 saturated heterocycles. The highest BCUT2D eigenvalue weighted by Crippen LogP contribution is 2.18. The van der Waals surface area contributed by atoms with E-state index in [0.29, 0.717) is 6.42 Å². The average molecular weight is 254 g/mol. The predicted molar refractivity (Wildman–Crippen MR) is 64.0 cm³/mol. The number of nitrogens with zero attached hydrogens (tertiary/aromatic N) is 2. The van der Waals surface area contributed by atoms with Gasteiger partial charge in [-0.3, -0.25) is 15.0 Å². The monoisotopic (exact) mass is 254 g/mol. The number of halogens is 1. The van der Waals surface area contributed by atoms with E-state index in [9.17, 15) is 14.5 Å². The first-order valence-electron chi connectivity index (χ1n) is 5.90. The smallest absolute Gasteiger partial charge is 0.304 e. The van der Waals surface area contributed by atoms with E-state index in [2.05, 4.69) is 4.90 Å². The van der Waals surface area contributed by atoms with Gasteiger partial charge < -0.3 is 4.74 Å². The van der Waals surface area contributed by atoms with Crippen molar-refractivity contribution in [3.05, 3.63) is 39.7 Å². The lowest BCUT2D eigenvalue weighted by Crippen LogP contribution is -2.37. The van der Waals surface area contributed by atoms with Crippen molar-refractivity contribution < 1.29 is 14.1 Å². The van der Waals surface area contributed by atoms with Crippen LogP contribution in [0.4, 0.5) is 10.1 Å². The van der Waals surface area contributed by atoms with Crippen LogP contribution in [0.25, 0.3) is 0 Å². The van der Waals surface area contributed by atoms with Crippen molar-refractivity contribution in [1.82, 2.24) is 4.90 Å². The topological polar surface area (TPSA) is 55.6 Å². The Bertz CT molecular complexity index is 433. The van der Waals surface area contributed by atoms with E-state index in [4.69, 9.17) is 4.74 Å². The first kappa shape index (κ1) is 12.9. The maximum absolute atomic E-state index is 13.4. The van der Waals surface area contributed by atoms with E-state index in [0.717, 1.165) is 38.4 Å². The van der Waals surface area contributed by atoms with Crippen LogP contribution in [0.1, 0.15) is 5.56 Å². The summed E-state index contributed by atoms with van der Waals surface area (Å²) in [4.78, 5) is 12.0. The van der Waals surface area contributed by atoms with Crippen LogP contribution in [0.5, 0.6) is 0 Å². The quantitative estimate of drug-likeness (QED) is 0.605. The molecule has 0 aliphatic carbocycles. The standard InChI is InChI=1S/C12H15FN2O3/c13-11-9-10(1-2-12(11)15(16)17)3-4-14-5-7-18-8-6-14/h1-2,9H,3-8H2. The van der Waals surface area contributed by atoms with Gasteiger partial charge in [-0.1, -0.05) is 6.07 Å². The van der Waals surface area contributed by atoms with Crippen molar-refractivity contribution in [1.29, 1.82) is 0 Å². The maximum Gasteiger partial charge on any atom is 0.304 e. The number of nitro groups is 1. The second-order valence-electron chi connectivity index (χ2n) is 4.25. The van der Waals surface area contributed by atoms with Crippen LogP contribution in [-0.4, -0.2) is 42.7 Å². The molecule has 1 fully saturated rings. The summed E-state index contributed by atoms with van der Waals surface area (Å²) < 4.78 is 18.6. The molecule has 1 aliphatic heterocycles. The Morgan fingerprint density at radius 3 is 2.72 bits per heavy atom. The molecule has 0 saturated carbocycles. The zero-order valence-electron chi connectivity index (χ0n) is 9.97. The minimum absolute atomic E-state index is 0.467. The summed E-state index contributed by atoms with van der Waals surface area (Å²) in [5.74, 6) is -0.764. The molecule has 0 N–H and O–H groups in total. The molecule has 0 bridgehead atoms. The highest BCUT2D eigenvalue weighted by Gasteiger charge is 2.14. The Morgan fingerprint density at radius 1 is 1.39 bits per heavy atom. The van der Waals surface area contributed by atoms with Crippen LogP contribution in [-0.2, 0) is 11.2 Å². The van der Waals surface area contributed by atoms with E-state index in [-0.39, 0.29) is 0 Å². The molecule has 0 aromatic heterocycles. The summed E-state index contributed by atoms with van der Waals surface area (Å²) >= 11 is 0. The molecule has 0 amide bonds. The van der Waals surface area contributed by atoms with E-state index in [1.165, 1.54) is 12.1 Å². The molecule has 2 rings (SSSR count). The number of morpholine rings is 1. The Hall–Kier alpha value is -1.53. The zero-order valence-corrected chi connectivity index (χ0v) is 9.97. The molecule has 1 heterocycles. The largest absolute Gasteiger partial charge is 0.379 e. The highest BCUT2D eigenvalue weighted by atomic mass is 19.1. The lowest BCUT2D eigenvalue weighted by molar-refractivity contribution is -0.387. The van der Waals surface area contributed by atoms with Gasteiger partial charge in [0.05, 0.1) is 18.1 Å². The van der Waals surface area contributed by atoms with Gasteiger partial charge in [-0.25, -0.2) is 0 Å². The fraction of sp³-hybridized carbons (Fsp3) is 0.500. The van der Waals surface area contributed by atoms with Crippen LogP contribution in [0, 0.1) is 15.9 Å². The molecule has 0 atom stereocenters. The number of hydrogen-bond acceptors (Lipinski definition) is 4.